The number of hydrogen-bond donors (Lipinski definition) is 1. The van der Waals surface area contributed by atoms with Crippen molar-refractivity contribution >= 4 is 24.8 Å². The van der Waals surface area contributed by atoms with Gasteiger partial charge in [0.15, 0.2) is 0 Å². The second-order valence-corrected chi connectivity index (χ2v) is 7.20. The molecule has 0 spiro atoms. The van der Waals surface area contributed by atoms with Crippen molar-refractivity contribution < 1.29 is 13.5 Å². The first-order valence-corrected chi connectivity index (χ1v) is 9.24. The number of hydrogen-bond acceptors (Lipinski definition) is 3. The van der Waals surface area contributed by atoms with Crippen molar-refractivity contribution in [1.29, 1.82) is 0 Å². The van der Waals surface area contributed by atoms with Crippen molar-refractivity contribution in [3.63, 3.8) is 0 Å². The number of fused-ring (bicyclic) bond motifs is 1. The third-order valence-corrected chi connectivity index (χ3v) is 5.58. The van der Waals surface area contributed by atoms with Gasteiger partial charge in [-0.2, -0.15) is 0 Å². The van der Waals surface area contributed by atoms with Crippen LogP contribution in [0.25, 0.3) is 0 Å². The molecule has 154 valence electrons. The Bertz CT molecular complexity index is 767. The molecule has 2 aliphatic rings. The van der Waals surface area contributed by atoms with Crippen molar-refractivity contribution in [2.45, 2.75) is 25.0 Å². The SMILES string of the molecule is Cl.Cl.Fc1cc(F)cc(COCC2(N3CCNCC3)CCc3ccccc32)c1. The highest BCUT2D eigenvalue weighted by atomic mass is 35.5. The molecule has 1 unspecified atom stereocenters. The first-order chi connectivity index (χ1) is 12.7. The van der Waals surface area contributed by atoms with Crippen LogP contribution in [-0.2, 0) is 23.3 Å². The zero-order valence-corrected chi connectivity index (χ0v) is 17.3. The number of piperazine rings is 1. The van der Waals surface area contributed by atoms with Crippen LogP contribution in [0.15, 0.2) is 42.5 Å². The summed E-state index contributed by atoms with van der Waals surface area (Å²) < 4.78 is 32.8. The summed E-state index contributed by atoms with van der Waals surface area (Å²) in [5, 5.41) is 3.41. The summed E-state index contributed by atoms with van der Waals surface area (Å²) in [6, 6.07) is 12.1. The molecule has 0 radical (unpaired) electrons. The number of rotatable bonds is 5. The Labute approximate surface area is 177 Å². The Morgan fingerprint density at radius 2 is 1.68 bits per heavy atom. The number of nitrogens with zero attached hydrogens (tertiary/aromatic N) is 1. The van der Waals surface area contributed by atoms with Crippen LogP contribution in [0.1, 0.15) is 23.1 Å². The van der Waals surface area contributed by atoms with Crippen LogP contribution in [-0.4, -0.2) is 37.7 Å². The van der Waals surface area contributed by atoms with Gasteiger partial charge in [-0.25, -0.2) is 8.78 Å². The minimum Gasteiger partial charge on any atom is -0.374 e. The molecule has 0 bridgehead atoms. The minimum absolute atomic E-state index is 0. The van der Waals surface area contributed by atoms with Crippen LogP contribution in [0, 0.1) is 11.6 Å². The number of halogens is 4. The minimum atomic E-state index is -0.563. The van der Waals surface area contributed by atoms with E-state index in [1.807, 2.05) is 0 Å². The standard InChI is InChI=1S/C21H24F2N2O.2ClH/c22-18-11-16(12-19(23)13-18)14-26-15-21(25-9-7-24-8-10-25)6-5-17-3-1-2-4-20(17)21;;/h1-4,11-13,24H,5-10,14-15H2;2*1H. The van der Waals surface area contributed by atoms with E-state index in [1.54, 1.807) is 0 Å². The quantitative estimate of drug-likeness (QED) is 0.773. The van der Waals surface area contributed by atoms with Gasteiger partial charge in [0.25, 0.3) is 0 Å². The van der Waals surface area contributed by atoms with Gasteiger partial charge in [-0.15, -0.1) is 24.8 Å². The van der Waals surface area contributed by atoms with Gasteiger partial charge in [-0.1, -0.05) is 24.3 Å². The number of benzene rings is 2. The Morgan fingerprint density at radius 1 is 1.00 bits per heavy atom. The number of ether oxygens (including phenoxy) is 1. The Kier molecular flexibility index (Phi) is 8.22. The summed E-state index contributed by atoms with van der Waals surface area (Å²) in [6.07, 6.45) is 2.06. The first-order valence-electron chi connectivity index (χ1n) is 9.24. The normalized spacial score (nSPS) is 21.5. The van der Waals surface area contributed by atoms with E-state index in [0.717, 1.165) is 45.1 Å². The highest BCUT2D eigenvalue weighted by Gasteiger charge is 2.44. The van der Waals surface area contributed by atoms with Crippen LogP contribution in [0.4, 0.5) is 8.78 Å². The lowest BCUT2D eigenvalue weighted by molar-refractivity contribution is -0.0241. The molecule has 0 aromatic heterocycles. The van der Waals surface area contributed by atoms with Crippen molar-refractivity contribution in [2.75, 3.05) is 32.8 Å². The van der Waals surface area contributed by atoms with Crippen LogP contribution < -0.4 is 5.32 Å². The predicted octanol–water partition coefficient (Wildman–Crippen LogP) is 4.07. The molecule has 28 heavy (non-hydrogen) atoms. The molecule has 2 aromatic rings. The van der Waals surface area contributed by atoms with Gasteiger partial charge in [0, 0.05) is 32.2 Å². The average Bonchev–Trinajstić information content (AvgIpc) is 3.02. The number of aryl methyl sites for hydroxylation is 1. The molecule has 2 aromatic carbocycles. The molecule has 1 saturated heterocycles. The van der Waals surface area contributed by atoms with Gasteiger partial charge in [0.2, 0.25) is 0 Å². The lowest BCUT2D eigenvalue weighted by Crippen LogP contribution is -2.55. The fourth-order valence-corrected chi connectivity index (χ4v) is 4.36. The molecule has 0 amide bonds. The zero-order chi connectivity index (χ0) is 18.0. The number of nitrogens with one attached hydrogen (secondary N) is 1. The van der Waals surface area contributed by atoms with E-state index in [1.165, 1.54) is 23.3 Å². The summed E-state index contributed by atoms with van der Waals surface area (Å²) >= 11 is 0. The highest BCUT2D eigenvalue weighted by Crippen LogP contribution is 2.42. The highest BCUT2D eigenvalue weighted by molar-refractivity contribution is 5.85. The van der Waals surface area contributed by atoms with Crippen LogP contribution in [0.5, 0.6) is 0 Å². The third-order valence-electron chi connectivity index (χ3n) is 5.58. The molecular weight excluding hydrogens is 405 g/mol. The maximum atomic E-state index is 13.4. The zero-order valence-electron chi connectivity index (χ0n) is 15.6. The van der Waals surface area contributed by atoms with Crippen LogP contribution in [0.3, 0.4) is 0 Å². The van der Waals surface area contributed by atoms with E-state index in [-0.39, 0.29) is 37.0 Å². The molecule has 1 aliphatic carbocycles. The van der Waals surface area contributed by atoms with E-state index in [4.69, 9.17) is 4.74 Å². The first kappa shape index (κ1) is 23.0. The average molecular weight is 431 g/mol. The van der Waals surface area contributed by atoms with Gasteiger partial charge >= 0.3 is 0 Å². The molecule has 1 heterocycles. The van der Waals surface area contributed by atoms with Crippen molar-refractivity contribution in [3.05, 3.63) is 70.8 Å². The predicted molar refractivity (Wildman–Crippen MR) is 111 cm³/mol. The van der Waals surface area contributed by atoms with E-state index in [2.05, 4.69) is 34.5 Å². The van der Waals surface area contributed by atoms with Crippen LogP contribution >= 0.6 is 24.8 Å². The Morgan fingerprint density at radius 3 is 2.39 bits per heavy atom. The van der Waals surface area contributed by atoms with E-state index < -0.39 is 11.6 Å². The lowest BCUT2D eigenvalue weighted by Gasteiger charge is -2.44. The Balaban J connectivity index is 0.00000140. The van der Waals surface area contributed by atoms with Gasteiger partial charge in [0.1, 0.15) is 11.6 Å². The van der Waals surface area contributed by atoms with Gasteiger partial charge < -0.3 is 10.1 Å². The van der Waals surface area contributed by atoms with Crippen molar-refractivity contribution in [2.24, 2.45) is 0 Å². The maximum absolute atomic E-state index is 13.4. The van der Waals surface area contributed by atoms with Crippen molar-refractivity contribution in [3.8, 4) is 0 Å². The Hall–Kier alpha value is -1.24. The molecule has 0 saturated carbocycles. The third kappa shape index (κ3) is 4.66. The summed E-state index contributed by atoms with van der Waals surface area (Å²) in [5.41, 5.74) is 3.10. The molecule has 1 aliphatic heterocycles. The summed E-state index contributed by atoms with van der Waals surface area (Å²) in [5.74, 6) is -1.13. The lowest BCUT2D eigenvalue weighted by atomic mass is 9.89. The van der Waals surface area contributed by atoms with Gasteiger partial charge in [-0.3, -0.25) is 4.90 Å². The molecule has 3 nitrogen and oxygen atoms in total. The molecule has 1 fully saturated rings. The second kappa shape index (κ2) is 9.99. The molecule has 4 rings (SSSR count). The summed E-state index contributed by atoms with van der Waals surface area (Å²) in [4.78, 5) is 2.52. The smallest absolute Gasteiger partial charge is 0.126 e. The summed E-state index contributed by atoms with van der Waals surface area (Å²) in [7, 11) is 0. The maximum Gasteiger partial charge on any atom is 0.126 e. The fourth-order valence-electron chi connectivity index (χ4n) is 4.36. The molecule has 7 heteroatoms. The second-order valence-electron chi connectivity index (χ2n) is 7.20. The fraction of sp³-hybridized carbons (Fsp3) is 0.429. The molecular formula is C21H26Cl2F2N2O. The summed E-state index contributed by atoms with van der Waals surface area (Å²) in [6.45, 7) is 4.64. The van der Waals surface area contributed by atoms with E-state index in [9.17, 15) is 8.78 Å². The van der Waals surface area contributed by atoms with Crippen molar-refractivity contribution in [1.82, 2.24) is 10.2 Å². The monoisotopic (exact) mass is 430 g/mol. The van der Waals surface area contributed by atoms with Crippen LogP contribution in [0.2, 0.25) is 0 Å². The molecule has 1 atom stereocenters. The molecule has 1 N–H and O–H groups in total. The van der Waals surface area contributed by atoms with Gasteiger partial charge in [-0.05, 0) is 41.7 Å². The largest absolute Gasteiger partial charge is 0.374 e. The van der Waals surface area contributed by atoms with Gasteiger partial charge in [0.05, 0.1) is 18.8 Å². The van der Waals surface area contributed by atoms with E-state index in [0.29, 0.717) is 12.2 Å². The van der Waals surface area contributed by atoms with E-state index >= 15 is 0 Å². The topological polar surface area (TPSA) is 24.5 Å².